The van der Waals surface area contributed by atoms with Gasteiger partial charge in [-0.2, -0.15) is 0 Å². The highest BCUT2D eigenvalue weighted by Crippen LogP contribution is 2.35. The third kappa shape index (κ3) is 2.40. The Morgan fingerprint density at radius 1 is 0.850 bits per heavy atom. The molecule has 0 saturated carbocycles. The average Bonchev–Trinajstić information content (AvgIpc) is 2.45. The zero-order valence-electron chi connectivity index (χ0n) is 11.7. The maximum Gasteiger partial charge on any atom is 0.177 e. The van der Waals surface area contributed by atoms with E-state index in [9.17, 15) is 0 Å². The van der Waals surface area contributed by atoms with Crippen LogP contribution < -0.4 is 38.0 Å². The van der Waals surface area contributed by atoms with Crippen molar-refractivity contribution in [3.8, 4) is 11.5 Å². The molecule has 0 bridgehead atoms. The Hall–Kier alpha value is -1.56. The van der Waals surface area contributed by atoms with Crippen molar-refractivity contribution in [3.05, 3.63) is 42.7 Å². The van der Waals surface area contributed by atoms with E-state index in [1.807, 2.05) is 19.2 Å². The van der Waals surface area contributed by atoms with Crippen molar-refractivity contribution >= 4 is 21.5 Å². The minimum atomic E-state index is 0. The summed E-state index contributed by atoms with van der Waals surface area (Å²) in [6.07, 6.45) is 4.18. The highest BCUT2D eigenvalue weighted by atomic mass is 127. The van der Waals surface area contributed by atoms with E-state index in [4.69, 9.17) is 9.47 Å². The van der Waals surface area contributed by atoms with Gasteiger partial charge in [0.1, 0.15) is 7.05 Å². The van der Waals surface area contributed by atoms with Gasteiger partial charge >= 0.3 is 0 Å². The Bertz CT molecular complexity index is 771. The Labute approximate surface area is 135 Å². The number of hydrogen-bond donors (Lipinski definition) is 0. The van der Waals surface area contributed by atoms with Gasteiger partial charge in [-0.1, -0.05) is 12.1 Å². The summed E-state index contributed by atoms with van der Waals surface area (Å²) < 4.78 is 12.8. The van der Waals surface area contributed by atoms with Crippen molar-refractivity contribution in [1.82, 2.24) is 0 Å². The third-order valence-corrected chi connectivity index (χ3v) is 3.42. The molecule has 0 radical (unpaired) electrons. The molecule has 3 nitrogen and oxygen atoms in total. The Balaban J connectivity index is 0.00000147. The first-order valence-electron chi connectivity index (χ1n) is 6.16. The van der Waals surface area contributed by atoms with Crippen LogP contribution in [0.3, 0.4) is 0 Å². The Morgan fingerprint density at radius 2 is 1.50 bits per heavy atom. The number of aryl methyl sites for hydroxylation is 1. The Kier molecular flexibility index (Phi) is 4.32. The molecule has 0 atom stereocenters. The van der Waals surface area contributed by atoms with Crippen LogP contribution in [-0.2, 0) is 7.05 Å². The smallest absolute Gasteiger partial charge is 0.177 e. The molecule has 0 unspecified atom stereocenters. The molecule has 3 aromatic rings. The summed E-state index contributed by atoms with van der Waals surface area (Å²) >= 11 is 0. The second-order valence-electron chi connectivity index (χ2n) is 4.61. The SMILES string of the molecule is COc1cc2ccc3cc[n+](C)cc3c2cc1OC.[I-]. The van der Waals surface area contributed by atoms with E-state index in [1.165, 1.54) is 16.2 Å². The van der Waals surface area contributed by atoms with Crippen LogP contribution in [0.4, 0.5) is 0 Å². The molecule has 4 heteroatoms. The molecule has 0 aliphatic heterocycles. The number of ether oxygens (including phenoxy) is 2. The predicted octanol–water partition coefficient (Wildman–Crippen LogP) is -0.161. The van der Waals surface area contributed by atoms with Crippen molar-refractivity contribution in [1.29, 1.82) is 0 Å². The number of hydrogen-bond acceptors (Lipinski definition) is 2. The second-order valence-corrected chi connectivity index (χ2v) is 4.61. The van der Waals surface area contributed by atoms with Crippen LogP contribution in [0, 0.1) is 0 Å². The van der Waals surface area contributed by atoms with Crippen molar-refractivity contribution < 1.29 is 38.0 Å². The monoisotopic (exact) mass is 381 g/mol. The fourth-order valence-corrected chi connectivity index (χ4v) is 2.42. The van der Waals surface area contributed by atoms with Crippen LogP contribution in [-0.4, -0.2) is 14.2 Å². The fourth-order valence-electron chi connectivity index (χ4n) is 2.42. The lowest BCUT2D eigenvalue weighted by molar-refractivity contribution is -0.670. The molecule has 0 N–H and O–H groups in total. The summed E-state index contributed by atoms with van der Waals surface area (Å²) in [7, 11) is 5.35. The quantitative estimate of drug-likeness (QED) is 0.350. The van der Waals surface area contributed by atoms with Crippen molar-refractivity contribution in [2.75, 3.05) is 14.2 Å². The molecule has 20 heavy (non-hydrogen) atoms. The molecule has 0 amide bonds. The topological polar surface area (TPSA) is 22.3 Å². The first kappa shape index (κ1) is 14.8. The van der Waals surface area contributed by atoms with Crippen LogP contribution >= 0.6 is 0 Å². The van der Waals surface area contributed by atoms with Gasteiger partial charge in [-0.05, 0) is 28.3 Å². The standard InChI is InChI=1S/C16H16NO2.HI/c1-17-7-6-11-4-5-12-8-15(18-2)16(19-3)9-13(12)14(11)10-17;/h4-10H,1-3H3;1H/q+1;/p-1. The highest BCUT2D eigenvalue weighted by Gasteiger charge is 2.10. The largest absolute Gasteiger partial charge is 1.00 e. The van der Waals surface area contributed by atoms with Crippen LogP contribution in [0.1, 0.15) is 0 Å². The minimum Gasteiger partial charge on any atom is -1.00 e. The van der Waals surface area contributed by atoms with E-state index in [0.29, 0.717) is 0 Å². The molecule has 0 aliphatic rings. The molecule has 0 fully saturated rings. The van der Waals surface area contributed by atoms with Crippen molar-refractivity contribution in [2.45, 2.75) is 0 Å². The summed E-state index contributed by atoms with van der Waals surface area (Å²) in [5.41, 5.74) is 0. The minimum absolute atomic E-state index is 0. The summed E-state index contributed by atoms with van der Waals surface area (Å²) in [6, 6.07) is 10.4. The number of halogens is 1. The molecular weight excluding hydrogens is 365 g/mol. The normalized spacial score (nSPS) is 10.3. The van der Waals surface area contributed by atoms with Gasteiger partial charge in [0, 0.05) is 6.07 Å². The first-order valence-corrected chi connectivity index (χ1v) is 6.16. The van der Waals surface area contributed by atoms with E-state index in [1.54, 1.807) is 14.2 Å². The van der Waals surface area contributed by atoms with Crippen LogP contribution in [0.25, 0.3) is 21.5 Å². The molecule has 1 heterocycles. The summed E-state index contributed by atoms with van der Waals surface area (Å²) in [5, 5.41) is 4.75. The zero-order valence-corrected chi connectivity index (χ0v) is 13.8. The van der Waals surface area contributed by atoms with Gasteiger partial charge in [-0.25, -0.2) is 4.57 Å². The van der Waals surface area contributed by atoms with E-state index >= 15 is 0 Å². The molecule has 3 rings (SSSR count). The van der Waals surface area contributed by atoms with Gasteiger partial charge in [0.15, 0.2) is 23.9 Å². The number of aromatic nitrogens is 1. The summed E-state index contributed by atoms with van der Waals surface area (Å²) in [4.78, 5) is 0. The molecule has 1 aromatic heterocycles. The lowest BCUT2D eigenvalue weighted by Gasteiger charge is -2.10. The fraction of sp³-hybridized carbons (Fsp3) is 0.188. The number of methoxy groups -OCH3 is 2. The average molecular weight is 381 g/mol. The second kappa shape index (κ2) is 5.83. The first-order chi connectivity index (χ1) is 9.22. The van der Waals surface area contributed by atoms with Gasteiger partial charge in [0.05, 0.1) is 19.6 Å². The van der Waals surface area contributed by atoms with Crippen molar-refractivity contribution in [3.63, 3.8) is 0 Å². The van der Waals surface area contributed by atoms with E-state index in [0.717, 1.165) is 16.9 Å². The predicted molar refractivity (Wildman–Crippen MR) is 75.7 cm³/mol. The van der Waals surface area contributed by atoms with Gasteiger partial charge in [-0.15, -0.1) is 0 Å². The number of pyridine rings is 1. The van der Waals surface area contributed by atoms with E-state index < -0.39 is 0 Å². The highest BCUT2D eigenvalue weighted by molar-refractivity contribution is 6.07. The van der Waals surface area contributed by atoms with Gasteiger partial charge in [-0.3, -0.25) is 0 Å². The molecule has 2 aromatic carbocycles. The molecule has 104 valence electrons. The summed E-state index contributed by atoms with van der Waals surface area (Å²) in [5.74, 6) is 1.52. The number of rotatable bonds is 2. The molecule has 0 aliphatic carbocycles. The maximum atomic E-state index is 5.39. The van der Waals surface area contributed by atoms with Crippen LogP contribution in [0.2, 0.25) is 0 Å². The zero-order chi connectivity index (χ0) is 13.4. The Morgan fingerprint density at radius 3 is 2.20 bits per heavy atom. The lowest BCUT2D eigenvalue weighted by atomic mass is 10.0. The van der Waals surface area contributed by atoms with E-state index in [-0.39, 0.29) is 24.0 Å². The van der Waals surface area contributed by atoms with Crippen LogP contribution in [0.5, 0.6) is 11.5 Å². The van der Waals surface area contributed by atoms with Crippen LogP contribution in [0.15, 0.2) is 42.7 Å². The summed E-state index contributed by atoms with van der Waals surface area (Å²) in [6.45, 7) is 0. The number of fused-ring (bicyclic) bond motifs is 3. The van der Waals surface area contributed by atoms with E-state index in [2.05, 4.69) is 35.2 Å². The molecule has 0 saturated heterocycles. The lowest BCUT2D eigenvalue weighted by Crippen LogP contribution is -3.00. The molecule has 0 spiro atoms. The number of benzene rings is 2. The third-order valence-electron chi connectivity index (χ3n) is 3.42. The van der Waals surface area contributed by atoms with Gasteiger partial charge in [0.25, 0.3) is 0 Å². The van der Waals surface area contributed by atoms with Gasteiger partial charge in [0.2, 0.25) is 0 Å². The number of nitrogens with zero attached hydrogens (tertiary/aromatic N) is 1. The molecular formula is C16H16INO2. The maximum absolute atomic E-state index is 5.39. The van der Waals surface area contributed by atoms with Gasteiger partial charge < -0.3 is 33.5 Å². The van der Waals surface area contributed by atoms with Crippen molar-refractivity contribution in [2.24, 2.45) is 7.05 Å².